The first-order chi connectivity index (χ1) is 7.45. The predicted octanol–water partition coefficient (Wildman–Crippen LogP) is 3.10. The van der Waals surface area contributed by atoms with Crippen molar-refractivity contribution in [2.45, 2.75) is 50.2 Å². The molecule has 0 aromatic heterocycles. The number of amides is 1. The quantitative estimate of drug-likeness (QED) is 0.544. The molecule has 0 bridgehead atoms. The van der Waals surface area contributed by atoms with Crippen LogP contribution in [0.1, 0.15) is 39.5 Å². The maximum Gasteiger partial charge on any atom is 0.209 e. The summed E-state index contributed by atoms with van der Waals surface area (Å²) in [7, 11) is 0. The van der Waals surface area contributed by atoms with E-state index in [0.717, 1.165) is 12.8 Å². The van der Waals surface area contributed by atoms with Gasteiger partial charge in [0.15, 0.2) is 4.58 Å². The van der Waals surface area contributed by atoms with Gasteiger partial charge in [0.25, 0.3) is 0 Å². The summed E-state index contributed by atoms with van der Waals surface area (Å²) >= 11 is 3.03. The largest absolute Gasteiger partial charge is 0.342 e. The van der Waals surface area contributed by atoms with Crippen molar-refractivity contribution >= 4 is 22.3 Å². The van der Waals surface area contributed by atoms with Crippen molar-refractivity contribution in [3.8, 4) is 0 Å². The number of carbonyl (C=O) groups excluding carboxylic acids is 1. The second kappa shape index (κ2) is 3.97. The topological polar surface area (TPSA) is 20.3 Å². The third-order valence-corrected chi connectivity index (χ3v) is 5.47. The molecule has 92 valence electrons. The van der Waals surface area contributed by atoms with Crippen molar-refractivity contribution in [2.24, 2.45) is 11.3 Å². The zero-order valence-electron chi connectivity index (χ0n) is 9.88. The molecular formula is C12H19BrFNO. The summed E-state index contributed by atoms with van der Waals surface area (Å²) in [6.07, 6.45) is 4.94. The van der Waals surface area contributed by atoms with Crippen molar-refractivity contribution in [1.82, 2.24) is 4.90 Å². The standard InChI is InChI=1S/C12H19BrFNO/c1-3-11(4-5-11)9(2)15(8-16)7-10-6-12(10,13)14/h8-10H,3-7H2,1-2H3. The zero-order valence-corrected chi connectivity index (χ0v) is 11.5. The molecule has 0 N–H and O–H groups in total. The van der Waals surface area contributed by atoms with Crippen molar-refractivity contribution in [3.05, 3.63) is 0 Å². The molecule has 0 aromatic rings. The first kappa shape index (κ1) is 12.3. The first-order valence-corrected chi connectivity index (χ1v) is 6.83. The van der Waals surface area contributed by atoms with Crippen LogP contribution >= 0.6 is 15.9 Å². The Bertz CT molecular complexity index is 291. The number of hydrogen-bond acceptors (Lipinski definition) is 1. The van der Waals surface area contributed by atoms with Crippen LogP contribution in [0.5, 0.6) is 0 Å². The van der Waals surface area contributed by atoms with Crippen molar-refractivity contribution in [3.63, 3.8) is 0 Å². The first-order valence-electron chi connectivity index (χ1n) is 6.04. The molecule has 0 saturated heterocycles. The Balaban J connectivity index is 1.92. The Morgan fingerprint density at radius 1 is 1.62 bits per heavy atom. The average molecular weight is 292 g/mol. The lowest BCUT2D eigenvalue weighted by atomic mass is 9.93. The minimum atomic E-state index is -1.21. The lowest BCUT2D eigenvalue weighted by molar-refractivity contribution is -0.121. The molecule has 4 heteroatoms. The molecule has 0 aromatic carbocycles. The maximum atomic E-state index is 13.4. The Hall–Kier alpha value is -0.120. The molecule has 0 spiro atoms. The molecule has 16 heavy (non-hydrogen) atoms. The van der Waals surface area contributed by atoms with E-state index in [-0.39, 0.29) is 12.0 Å². The van der Waals surface area contributed by atoms with Gasteiger partial charge in [-0.3, -0.25) is 4.79 Å². The van der Waals surface area contributed by atoms with Gasteiger partial charge >= 0.3 is 0 Å². The number of halogens is 2. The van der Waals surface area contributed by atoms with Gasteiger partial charge in [-0.2, -0.15) is 0 Å². The highest BCUT2D eigenvalue weighted by Gasteiger charge is 2.55. The second-order valence-corrected chi connectivity index (χ2v) is 6.67. The van der Waals surface area contributed by atoms with Crippen LogP contribution in [0.4, 0.5) is 4.39 Å². The summed E-state index contributed by atoms with van der Waals surface area (Å²) in [5.74, 6) is -0.0205. The molecule has 3 atom stereocenters. The molecule has 2 saturated carbocycles. The van der Waals surface area contributed by atoms with Gasteiger partial charge in [0.1, 0.15) is 0 Å². The third-order valence-electron chi connectivity index (χ3n) is 4.50. The third kappa shape index (κ3) is 2.13. The summed E-state index contributed by atoms with van der Waals surface area (Å²) in [5.41, 5.74) is 0.321. The van der Waals surface area contributed by atoms with Crippen molar-refractivity contribution in [1.29, 1.82) is 0 Å². The van der Waals surface area contributed by atoms with Gasteiger partial charge in [-0.1, -0.05) is 6.92 Å². The van der Waals surface area contributed by atoms with Crippen LogP contribution in [0, 0.1) is 11.3 Å². The number of carbonyl (C=O) groups is 1. The summed E-state index contributed by atoms with van der Waals surface area (Å²) in [4.78, 5) is 12.9. The molecule has 3 unspecified atom stereocenters. The van der Waals surface area contributed by atoms with E-state index in [4.69, 9.17) is 0 Å². The number of rotatable bonds is 6. The van der Waals surface area contributed by atoms with E-state index < -0.39 is 4.58 Å². The van der Waals surface area contributed by atoms with Crippen LogP contribution in [-0.2, 0) is 4.79 Å². The van der Waals surface area contributed by atoms with Crippen LogP contribution in [0.15, 0.2) is 0 Å². The van der Waals surface area contributed by atoms with Gasteiger partial charge in [-0.25, -0.2) is 4.39 Å². The zero-order chi connectivity index (χ0) is 12.0. The molecule has 2 fully saturated rings. The second-order valence-electron chi connectivity index (χ2n) is 5.36. The average Bonchev–Trinajstić information content (AvgIpc) is 3.12. The molecule has 2 aliphatic rings. The monoisotopic (exact) mass is 291 g/mol. The fraction of sp³-hybridized carbons (Fsp3) is 0.917. The molecule has 2 aliphatic carbocycles. The van der Waals surface area contributed by atoms with Crippen LogP contribution < -0.4 is 0 Å². The van der Waals surface area contributed by atoms with E-state index in [1.54, 1.807) is 4.90 Å². The summed E-state index contributed by atoms with van der Waals surface area (Å²) in [5, 5.41) is 0. The summed E-state index contributed by atoms with van der Waals surface area (Å²) < 4.78 is 12.2. The molecule has 0 aliphatic heterocycles. The van der Waals surface area contributed by atoms with Gasteiger partial charge in [-0.05, 0) is 47.5 Å². The minimum absolute atomic E-state index is 0.0205. The molecule has 2 nitrogen and oxygen atoms in total. The highest BCUT2D eigenvalue weighted by molar-refractivity contribution is 9.10. The predicted molar refractivity (Wildman–Crippen MR) is 65.1 cm³/mol. The SMILES string of the molecule is CCC1(C(C)N(C=O)CC2CC2(F)Br)CC1. The van der Waals surface area contributed by atoms with Crippen LogP contribution in [0.3, 0.4) is 0 Å². The molecule has 0 radical (unpaired) electrons. The van der Waals surface area contributed by atoms with Gasteiger partial charge in [0.05, 0.1) is 0 Å². The van der Waals surface area contributed by atoms with E-state index in [0.29, 0.717) is 18.4 Å². The highest BCUT2D eigenvalue weighted by atomic mass is 79.9. The van der Waals surface area contributed by atoms with Gasteiger partial charge in [0, 0.05) is 24.9 Å². The Labute approximate surface area is 105 Å². The Morgan fingerprint density at radius 2 is 2.19 bits per heavy atom. The number of hydrogen-bond donors (Lipinski definition) is 0. The molecule has 1 amide bonds. The number of alkyl halides is 2. The van der Waals surface area contributed by atoms with Gasteiger partial charge < -0.3 is 4.90 Å². The lowest BCUT2D eigenvalue weighted by Crippen LogP contribution is -2.40. The number of nitrogens with zero attached hydrogens (tertiary/aromatic N) is 1. The Morgan fingerprint density at radius 3 is 2.50 bits per heavy atom. The molecular weight excluding hydrogens is 273 g/mol. The van der Waals surface area contributed by atoms with Crippen LogP contribution in [0.25, 0.3) is 0 Å². The maximum absolute atomic E-state index is 13.4. The van der Waals surface area contributed by atoms with E-state index in [2.05, 4.69) is 29.8 Å². The fourth-order valence-corrected chi connectivity index (χ4v) is 3.13. The highest BCUT2D eigenvalue weighted by Crippen LogP contribution is 2.55. The summed E-state index contributed by atoms with van der Waals surface area (Å²) in [6.45, 7) is 4.82. The van der Waals surface area contributed by atoms with Gasteiger partial charge in [0.2, 0.25) is 6.41 Å². The molecule has 0 heterocycles. The van der Waals surface area contributed by atoms with E-state index >= 15 is 0 Å². The summed E-state index contributed by atoms with van der Waals surface area (Å²) in [6, 6.07) is 0.249. The van der Waals surface area contributed by atoms with Crippen LogP contribution in [-0.4, -0.2) is 28.5 Å². The fourth-order valence-electron chi connectivity index (χ4n) is 2.59. The van der Waals surface area contributed by atoms with E-state index in [9.17, 15) is 9.18 Å². The van der Waals surface area contributed by atoms with E-state index in [1.807, 2.05) is 0 Å². The minimum Gasteiger partial charge on any atom is -0.342 e. The van der Waals surface area contributed by atoms with Crippen LogP contribution in [0.2, 0.25) is 0 Å². The normalized spacial score (nSPS) is 36.6. The van der Waals surface area contributed by atoms with Crippen molar-refractivity contribution in [2.75, 3.05) is 6.54 Å². The smallest absolute Gasteiger partial charge is 0.209 e. The van der Waals surface area contributed by atoms with Gasteiger partial charge in [-0.15, -0.1) is 0 Å². The van der Waals surface area contributed by atoms with Crippen molar-refractivity contribution < 1.29 is 9.18 Å². The molecule has 2 rings (SSSR count). The Kier molecular flexibility index (Phi) is 3.06. The lowest BCUT2D eigenvalue weighted by Gasteiger charge is -2.32. The van der Waals surface area contributed by atoms with E-state index in [1.165, 1.54) is 12.8 Å².